The van der Waals surface area contributed by atoms with Crippen molar-refractivity contribution in [3.8, 4) is 0 Å². The zero-order chi connectivity index (χ0) is 19.3. The Morgan fingerprint density at radius 3 is 1.56 bits per heavy atom. The Balaban J connectivity index is 0. The molecule has 0 amide bonds. The van der Waals surface area contributed by atoms with E-state index in [1.165, 1.54) is 109 Å². The van der Waals surface area contributed by atoms with Gasteiger partial charge in [-0.25, -0.2) is 0 Å². The van der Waals surface area contributed by atoms with Crippen LogP contribution in [-0.4, -0.2) is 30.0 Å². The number of unbranched alkanes of at least 4 members (excludes halogenated alkanes) is 14. The number of aliphatic imine (C=N–C) groups is 1. The number of rotatable bonds is 16. The molecule has 0 unspecified atom stereocenters. The van der Waals surface area contributed by atoms with Gasteiger partial charge in [0, 0.05) is 36.4 Å². The Kier molecular flexibility index (Phi) is 24.9. The summed E-state index contributed by atoms with van der Waals surface area (Å²) < 4.78 is 0. The number of hydrogen-bond donors (Lipinski definition) is 2. The fraction of sp³-hybridized carbons (Fsp3) is 0.909. The van der Waals surface area contributed by atoms with Gasteiger partial charge in [-0.3, -0.25) is 9.79 Å². The van der Waals surface area contributed by atoms with Crippen molar-refractivity contribution in [2.24, 2.45) is 4.99 Å². The number of carboxylic acid groups (broad SMARTS) is 1. The summed E-state index contributed by atoms with van der Waals surface area (Å²) in [5.74, 6) is 0.426. The van der Waals surface area contributed by atoms with Crippen LogP contribution >= 0.6 is 0 Å². The summed E-state index contributed by atoms with van der Waals surface area (Å²) in [5, 5.41) is 10.8. The Labute approximate surface area is 178 Å². The molecule has 0 aromatic heterocycles. The Hall–Kier alpha value is -0.566. The monoisotopic (exact) mass is 426 g/mol. The van der Waals surface area contributed by atoms with Gasteiger partial charge >= 0.3 is 0 Å². The molecule has 0 radical (unpaired) electrons. The van der Waals surface area contributed by atoms with E-state index in [0.717, 1.165) is 20.0 Å². The Morgan fingerprint density at radius 2 is 1.22 bits per heavy atom. The van der Waals surface area contributed by atoms with Gasteiger partial charge in [0.1, 0.15) is 0 Å². The van der Waals surface area contributed by atoms with Gasteiger partial charge in [-0.1, -0.05) is 96.8 Å². The average molecular weight is 427 g/mol. The number of nitrogens with zero attached hydrogens (tertiary/aromatic N) is 1. The summed E-state index contributed by atoms with van der Waals surface area (Å²) in [7, 11) is 0. The van der Waals surface area contributed by atoms with Crippen LogP contribution in [0.5, 0.6) is 0 Å². The maximum atomic E-state index is 9.00. The van der Waals surface area contributed by atoms with E-state index in [1.54, 1.807) is 0 Å². The summed E-state index contributed by atoms with van der Waals surface area (Å²) in [5.41, 5.74) is 0. The quantitative estimate of drug-likeness (QED) is 0.223. The van der Waals surface area contributed by atoms with Crippen LogP contribution in [0.3, 0.4) is 0 Å². The van der Waals surface area contributed by atoms with Gasteiger partial charge in [0.2, 0.25) is 0 Å². The van der Waals surface area contributed by atoms with E-state index in [9.17, 15) is 0 Å². The minimum absolute atomic E-state index is 0. The van der Waals surface area contributed by atoms with E-state index in [1.807, 2.05) is 0 Å². The van der Waals surface area contributed by atoms with E-state index in [2.05, 4.69) is 17.2 Å². The van der Waals surface area contributed by atoms with Crippen LogP contribution in [0.15, 0.2) is 4.99 Å². The van der Waals surface area contributed by atoms with Crippen molar-refractivity contribution >= 4 is 11.8 Å². The third kappa shape index (κ3) is 25.4. The summed E-state index contributed by atoms with van der Waals surface area (Å²) in [6, 6.07) is 0. The molecular weight excluding hydrogens is 383 g/mol. The molecule has 1 rings (SSSR count). The molecule has 0 atom stereocenters. The zero-order valence-corrected chi connectivity index (χ0v) is 18.8. The van der Waals surface area contributed by atoms with Gasteiger partial charge in [-0.05, 0) is 6.42 Å². The largest absolute Gasteiger partial charge is 0.481 e. The molecule has 1 aliphatic heterocycles. The van der Waals surface area contributed by atoms with Crippen LogP contribution in [0.25, 0.3) is 0 Å². The summed E-state index contributed by atoms with van der Waals surface area (Å²) in [4.78, 5) is 13.4. The molecule has 4 nitrogen and oxygen atoms in total. The predicted molar refractivity (Wildman–Crippen MR) is 113 cm³/mol. The van der Waals surface area contributed by atoms with E-state index >= 15 is 0 Å². The standard InChI is InChI=1S/C20H40N2.C2H4O2.Ni/c1-2-3-4-5-6-7-8-9-10-11-12-13-14-15-16-17-20-21-18-19-22-20;1-2(3)4;/h2-19H2,1H3,(H,21,22);1H3,(H,3,4);. The van der Waals surface area contributed by atoms with Crippen molar-refractivity contribution in [1.29, 1.82) is 0 Å². The normalized spacial score (nSPS) is 12.4. The number of nitrogens with one attached hydrogen (secondary N) is 1. The number of amidine groups is 1. The number of carbonyl (C=O) groups is 1. The third-order valence-corrected chi connectivity index (χ3v) is 4.76. The van der Waals surface area contributed by atoms with Crippen molar-refractivity contribution in [2.75, 3.05) is 13.1 Å². The summed E-state index contributed by atoms with van der Waals surface area (Å²) in [6.07, 6.45) is 22.8. The summed E-state index contributed by atoms with van der Waals surface area (Å²) >= 11 is 0. The second-order valence-electron chi connectivity index (χ2n) is 7.47. The smallest absolute Gasteiger partial charge is 0.300 e. The van der Waals surface area contributed by atoms with Crippen LogP contribution in [0.2, 0.25) is 0 Å². The Bertz CT molecular complexity index is 345. The molecule has 27 heavy (non-hydrogen) atoms. The molecule has 1 heterocycles. The Morgan fingerprint density at radius 1 is 0.852 bits per heavy atom. The first-order valence-corrected chi connectivity index (χ1v) is 11.1. The summed E-state index contributed by atoms with van der Waals surface area (Å²) in [6.45, 7) is 5.43. The number of hydrogen-bond acceptors (Lipinski definition) is 3. The molecule has 0 aliphatic carbocycles. The van der Waals surface area contributed by atoms with Crippen LogP contribution < -0.4 is 5.32 Å². The topological polar surface area (TPSA) is 61.7 Å². The SMILES string of the molecule is CC(=O)O.CCCCCCCCCCCCCCCCCC1=NCCN1.[Ni]. The van der Waals surface area contributed by atoms with Crippen molar-refractivity contribution in [1.82, 2.24) is 5.32 Å². The van der Waals surface area contributed by atoms with Gasteiger partial charge in [-0.2, -0.15) is 0 Å². The molecule has 0 fully saturated rings. The second kappa shape index (κ2) is 23.5. The maximum Gasteiger partial charge on any atom is 0.300 e. The molecule has 0 bridgehead atoms. The van der Waals surface area contributed by atoms with Gasteiger partial charge in [0.15, 0.2) is 0 Å². The van der Waals surface area contributed by atoms with E-state index in [-0.39, 0.29) is 16.5 Å². The molecular formula is C22H44N2NiO2. The molecule has 0 aromatic rings. The van der Waals surface area contributed by atoms with Gasteiger partial charge in [0.25, 0.3) is 5.97 Å². The van der Waals surface area contributed by atoms with Gasteiger partial charge in [-0.15, -0.1) is 0 Å². The molecule has 0 saturated carbocycles. The molecule has 164 valence electrons. The molecule has 0 spiro atoms. The van der Waals surface area contributed by atoms with Crippen molar-refractivity contribution in [3.63, 3.8) is 0 Å². The van der Waals surface area contributed by atoms with E-state index in [0.29, 0.717) is 0 Å². The molecule has 1 aliphatic rings. The molecule has 0 saturated heterocycles. The fourth-order valence-electron chi connectivity index (χ4n) is 3.28. The van der Waals surface area contributed by atoms with Gasteiger partial charge in [0.05, 0.1) is 12.4 Å². The number of carboxylic acids is 1. The van der Waals surface area contributed by atoms with Crippen molar-refractivity contribution in [3.05, 3.63) is 0 Å². The minimum atomic E-state index is -0.833. The first-order valence-electron chi connectivity index (χ1n) is 11.1. The van der Waals surface area contributed by atoms with Crippen LogP contribution in [0.1, 0.15) is 117 Å². The van der Waals surface area contributed by atoms with Gasteiger partial charge < -0.3 is 10.4 Å². The first-order chi connectivity index (χ1) is 12.7. The zero-order valence-electron chi connectivity index (χ0n) is 17.8. The molecule has 0 aromatic carbocycles. The molecule has 5 heteroatoms. The number of aliphatic carboxylic acids is 1. The maximum absolute atomic E-state index is 9.00. The fourth-order valence-corrected chi connectivity index (χ4v) is 3.28. The first kappa shape index (κ1) is 28.6. The average Bonchev–Trinajstić information content (AvgIpc) is 3.11. The predicted octanol–water partition coefficient (Wildman–Crippen LogP) is 6.34. The van der Waals surface area contributed by atoms with E-state index < -0.39 is 5.97 Å². The van der Waals surface area contributed by atoms with Crippen molar-refractivity contribution in [2.45, 2.75) is 117 Å². The molecule has 2 N–H and O–H groups in total. The van der Waals surface area contributed by atoms with E-state index in [4.69, 9.17) is 9.90 Å². The van der Waals surface area contributed by atoms with Crippen LogP contribution in [0, 0.1) is 0 Å². The van der Waals surface area contributed by atoms with Crippen LogP contribution in [-0.2, 0) is 21.3 Å². The minimum Gasteiger partial charge on any atom is -0.481 e. The van der Waals surface area contributed by atoms with Crippen molar-refractivity contribution < 1.29 is 26.4 Å². The second-order valence-corrected chi connectivity index (χ2v) is 7.47. The third-order valence-electron chi connectivity index (χ3n) is 4.76. The van der Waals surface area contributed by atoms with Crippen LogP contribution in [0.4, 0.5) is 0 Å².